The van der Waals surface area contributed by atoms with Crippen LogP contribution in [-0.2, 0) is 25.7 Å². The van der Waals surface area contributed by atoms with E-state index in [-0.39, 0.29) is 18.5 Å². The van der Waals surface area contributed by atoms with Crippen molar-refractivity contribution in [3.05, 3.63) is 63.6 Å². The summed E-state index contributed by atoms with van der Waals surface area (Å²) in [5.74, 6) is -3.24. The highest BCUT2D eigenvalue weighted by molar-refractivity contribution is 5.94. The summed E-state index contributed by atoms with van der Waals surface area (Å²) < 4.78 is 19.6. The fourth-order valence-corrected chi connectivity index (χ4v) is 3.54. The summed E-state index contributed by atoms with van der Waals surface area (Å²) in [6.07, 6.45) is 1.18. The Balaban J connectivity index is 2.25. The molecular formula is C25H32FN3O5. The number of amides is 1. The molecule has 0 saturated heterocycles. The second-order valence-electron chi connectivity index (χ2n) is 9.15. The van der Waals surface area contributed by atoms with E-state index in [1.807, 2.05) is 31.2 Å². The van der Waals surface area contributed by atoms with Gasteiger partial charge in [-0.2, -0.15) is 5.10 Å². The molecule has 2 unspecified atom stereocenters. The molecule has 0 aliphatic rings. The van der Waals surface area contributed by atoms with Gasteiger partial charge in [0, 0.05) is 11.8 Å². The van der Waals surface area contributed by atoms with Gasteiger partial charge in [-0.1, -0.05) is 36.8 Å². The van der Waals surface area contributed by atoms with E-state index in [0.29, 0.717) is 0 Å². The van der Waals surface area contributed by atoms with Gasteiger partial charge in [0.1, 0.15) is 18.3 Å². The molecular weight excluding hydrogens is 441 g/mol. The van der Waals surface area contributed by atoms with Gasteiger partial charge in [-0.25, -0.2) is 9.07 Å². The number of aromatic nitrogens is 2. The smallest absolute Gasteiger partial charge is 0.308 e. The van der Waals surface area contributed by atoms with Crippen molar-refractivity contribution < 1.29 is 23.5 Å². The van der Waals surface area contributed by atoms with Crippen LogP contribution in [0, 0.1) is 6.92 Å². The molecule has 1 aromatic carbocycles. The number of ether oxygens (including phenoxy) is 1. The third-order valence-electron chi connectivity index (χ3n) is 5.08. The Bertz CT molecular complexity index is 1090. The number of alkyl halides is 1. The maximum absolute atomic E-state index is 13.1. The molecule has 34 heavy (non-hydrogen) atoms. The van der Waals surface area contributed by atoms with E-state index >= 15 is 0 Å². The summed E-state index contributed by atoms with van der Waals surface area (Å²) in [6, 6.07) is 7.71. The van der Waals surface area contributed by atoms with E-state index in [9.17, 15) is 23.6 Å². The summed E-state index contributed by atoms with van der Waals surface area (Å²) in [4.78, 5) is 50.4. The van der Waals surface area contributed by atoms with E-state index in [4.69, 9.17) is 4.74 Å². The number of aryl methyl sites for hydroxylation is 1. The summed E-state index contributed by atoms with van der Waals surface area (Å²) >= 11 is 0. The van der Waals surface area contributed by atoms with Crippen molar-refractivity contribution in [1.29, 1.82) is 0 Å². The molecule has 2 aromatic rings. The summed E-state index contributed by atoms with van der Waals surface area (Å²) in [6.45, 7) is 7.53. The Labute approximate surface area is 198 Å². The first kappa shape index (κ1) is 26.9. The van der Waals surface area contributed by atoms with E-state index < -0.39 is 53.9 Å². The number of hydrogen-bond donors (Lipinski definition) is 1. The van der Waals surface area contributed by atoms with E-state index in [2.05, 4.69) is 10.4 Å². The third kappa shape index (κ3) is 7.60. The Hall–Kier alpha value is -3.36. The van der Waals surface area contributed by atoms with E-state index in [0.717, 1.165) is 11.1 Å². The molecule has 0 radical (unpaired) electrons. The lowest BCUT2D eigenvalue weighted by Crippen LogP contribution is -2.46. The minimum atomic E-state index is -1.39. The minimum absolute atomic E-state index is 0.200. The number of esters is 1. The number of carbonyl (C=O) groups excluding carboxylic acids is 3. The number of carbonyl (C=O) groups is 3. The first-order valence-corrected chi connectivity index (χ1v) is 11.2. The first-order chi connectivity index (χ1) is 15.9. The van der Waals surface area contributed by atoms with Crippen LogP contribution in [0.5, 0.6) is 0 Å². The quantitative estimate of drug-likeness (QED) is 0.532. The van der Waals surface area contributed by atoms with Crippen molar-refractivity contribution in [2.24, 2.45) is 0 Å². The lowest BCUT2D eigenvalue weighted by atomic mass is 9.96. The van der Waals surface area contributed by atoms with E-state index in [1.54, 1.807) is 27.7 Å². The molecule has 1 heterocycles. The van der Waals surface area contributed by atoms with Gasteiger partial charge in [0.15, 0.2) is 5.78 Å². The van der Waals surface area contributed by atoms with Crippen molar-refractivity contribution in [3.8, 4) is 0 Å². The standard InChI is InChI=1S/C25H32FN3O5/c1-6-18(23(32)28-20(21(30)14-26)13-22(31)34-25(3,4)5)19-10-11-27-29(24(19)33)15-17-9-7-8-16(2)12-17/h7-12,18,20H,6,13-15H2,1-5H3,(H,28,32). The van der Waals surface area contributed by atoms with Gasteiger partial charge < -0.3 is 10.1 Å². The van der Waals surface area contributed by atoms with Crippen molar-refractivity contribution in [1.82, 2.24) is 15.1 Å². The first-order valence-electron chi connectivity index (χ1n) is 11.2. The van der Waals surface area contributed by atoms with Gasteiger partial charge in [0.25, 0.3) is 5.56 Å². The Morgan fingerprint density at radius 1 is 1.21 bits per heavy atom. The van der Waals surface area contributed by atoms with Gasteiger partial charge in [0.2, 0.25) is 5.91 Å². The van der Waals surface area contributed by atoms with Crippen molar-refractivity contribution in [2.75, 3.05) is 6.67 Å². The fraction of sp³-hybridized carbons (Fsp3) is 0.480. The predicted octanol–water partition coefficient (Wildman–Crippen LogP) is 2.85. The lowest BCUT2D eigenvalue weighted by Gasteiger charge is -2.23. The molecule has 1 aromatic heterocycles. The van der Waals surface area contributed by atoms with Gasteiger partial charge in [-0.15, -0.1) is 0 Å². The highest BCUT2D eigenvalue weighted by Crippen LogP contribution is 2.17. The topological polar surface area (TPSA) is 107 Å². The van der Waals surface area contributed by atoms with Gasteiger partial charge in [0.05, 0.1) is 18.9 Å². The summed E-state index contributed by atoms with van der Waals surface area (Å²) in [7, 11) is 0. The highest BCUT2D eigenvalue weighted by atomic mass is 19.1. The maximum atomic E-state index is 13.1. The minimum Gasteiger partial charge on any atom is -0.460 e. The molecule has 0 saturated carbocycles. The average molecular weight is 474 g/mol. The Kier molecular flexibility index (Phi) is 9.23. The largest absolute Gasteiger partial charge is 0.460 e. The monoisotopic (exact) mass is 473 g/mol. The average Bonchev–Trinajstić information content (AvgIpc) is 2.74. The molecule has 8 nitrogen and oxygen atoms in total. The Morgan fingerprint density at radius 2 is 1.91 bits per heavy atom. The molecule has 0 fully saturated rings. The number of halogens is 1. The summed E-state index contributed by atoms with van der Waals surface area (Å²) in [5, 5.41) is 6.56. The molecule has 1 amide bonds. The molecule has 0 aliphatic heterocycles. The van der Waals surface area contributed by atoms with E-state index in [1.165, 1.54) is 16.9 Å². The van der Waals surface area contributed by atoms with Crippen LogP contribution in [0.2, 0.25) is 0 Å². The normalized spacial score (nSPS) is 13.1. The van der Waals surface area contributed by atoms with Gasteiger partial charge in [-0.3, -0.25) is 19.2 Å². The molecule has 1 N–H and O–H groups in total. The number of Topliss-reactive ketones (excluding diaryl/α,β-unsaturated/α-hetero) is 1. The lowest BCUT2D eigenvalue weighted by molar-refractivity contribution is -0.156. The number of nitrogens with one attached hydrogen (secondary N) is 1. The number of benzene rings is 1. The predicted molar refractivity (Wildman–Crippen MR) is 125 cm³/mol. The second-order valence-corrected chi connectivity index (χ2v) is 9.15. The summed E-state index contributed by atoms with van der Waals surface area (Å²) in [5.41, 5.74) is 0.893. The SMILES string of the molecule is CCC(C(=O)NC(CC(=O)OC(C)(C)C)C(=O)CF)c1ccnn(Cc2cccc(C)c2)c1=O. The molecule has 0 spiro atoms. The number of ketones is 1. The van der Waals surface area contributed by atoms with Crippen LogP contribution in [0.1, 0.15) is 63.1 Å². The van der Waals surface area contributed by atoms with Crippen LogP contribution in [0.3, 0.4) is 0 Å². The van der Waals surface area contributed by atoms with Crippen LogP contribution in [-0.4, -0.2) is 45.8 Å². The van der Waals surface area contributed by atoms with Crippen LogP contribution in [0.25, 0.3) is 0 Å². The molecule has 184 valence electrons. The van der Waals surface area contributed by atoms with Gasteiger partial charge in [-0.05, 0) is 45.7 Å². The molecule has 0 bridgehead atoms. The number of nitrogens with zero attached hydrogens (tertiary/aromatic N) is 2. The molecule has 9 heteroatoms. The third-order valence-corrected chi connectivity index (χ3v) is 5.08. The maximum Gasteiger partial charge on any atom is 0.308 e. The zero-order valence-corrected chi connectivity index (χ0v) is 20.3. The van der Waals surface area contributed by atoms with Crippen LogP contribution < -0.4 is 10.9 Å². The second kappa shape index (κ2) is 11.7. The van der Waals surface area contributed by atoms with Crippen molar-refractivity contribution in [2.45, 2.75) is 71.6 Å². The Morgan fingerprint density at radius 3 is 2.50 bits per heavy atom. The zero-order valence-electron chi connectivity index (χ0n) is 20.3. The number of rotatable bonds is 10. The molecule has 2 atom stereocenters. The van der Waals surface area contributed by atoms with Crippen LogP contribution in [0.15, 0.2) is 41.3 Å². The van der Waals surface area contributed by atoms with Crippen molar-refractivity contribution in [3.63, 3.8) is 0 Å². The van der Waals surface area contributed by atoms with Crippen LogP contribution in [0.4, 0.5) is 4.39 Å². The molecule has 2 rings (SSSR count). The highest BCUT2D eigenvalue weighted by Gasteiger charge is 2.30. The zero-order chi connectivity index (χ0) is 25.5. The fourth-order valence-electron chi connectivity index (χ4n) is 3.54. The van der Waals surface area contributed by atoms with Crippen LogP contribution >= 0.6 is 0 Å². The van der Waals surface area contributed by atoms with Gasteiger partial charge >= 0.3 is 5.97 Å². The van der Waals surface area contributed by atoms with Crippen molar-refractivity contribution >= 4 is 17.7 Å². The molecule has 0 aliphatic carbocycles. The number of hydrogen-bond acceptors (Lipinski definition) is 6.